The third kappa shape index (κ3) is 4.55. The maximum atomic E-state index is 12.6. The number of hydrogen-bond donors (Lipinski definition) is 1. The summed E-state index contributed by atoms with van der Waals surface area (Å²) in [6, 6.07) is 13.2. The number of rotatable bonds is 8. The molecular weight excluding hydrogens is 370 g/mol. The van der Waals surface area contributed by atoms with Crippen LogP contribution in [-0.2, 0) is 10.0 Å². The van der Waals surface area contributed by atoms with Crippen LogP contribution in [0.3, 0.4) is 0 Å². The molecule has 0 atom stereocenters. The third-order valence-corrected chi connectivity index (χ3v) is 6.19. The Morgan fingerprint density at radius 1 is 1.11 bits per heavy atom. The molecule has 1 aliphatic heterocycles. The van der Waals surface area contributed by atoms with E-state index < -0.39 is 14.9 Å². The number of anilines is 1. The molecule has 1 N–H and O–H groups in total. The van der Waals surface area contributed by atoms with Crippen LogP contribution in [0.4, 0.5) is 11.4 Å². The second-order valence-electron chi connectivity index (χ2n) is 6.14. The van der Waals surface area contributed by atoms with Crippen molar-refractivity contribution in [2.24, 2.45) is 0 Å². The predicted molar refractivity (Wildman–Crippen MR) is 102 cm³/mol. The van der Waals surface area contributed by atoms with Gasteiger partial charge in [0.1, 0.15) is 18.0 Å². The minimum absolute atomic E-state index is 0.0535. The van der Waals surface area contributed by atoms with E-state index in [4.69, 9.17) is 4.74 Å². The first-order valence-corrected chi connectivity index (χ1v) is 10.1. The number of nitrogens with one attached hydrogen (secondary N) is 1. The average Bonchev–Trinajstić information content (AvgIpc) is 3.21. The summed E-state index contributed by atoms with van der Waals surface area (Å²) in [6.45, 7) is 1.56. The van der Waals surface area contributed by atoms with Crippen molar-refractivity contribution in [1.29, 1.82) is 0 Å². The van der Waals surface area contributed by atoms with Gasteiger partial charge in [-0.1, -0.05) is 18.2 Å². The Balaban J connectivity index is 1.69. The molecule has 9 heteroatoms. The van der Waals surface area contributed by atoms with Gasteiger partial charge in [-0.25, -0.2) is 8.42 Å². The normalized spacial score (nSPS) is 14.8. The molecule has 8 nitrogen and oxygen atoms in total. The van der Waals surface area contributed by atoms with Crippen molar-refractivity contribution in [3.05, 3.63) is 58.6 Å². The van der Waals surface area contributed by atoms with E-state index in [0.29, 0.717) is 32.0 Å². The van der Waals surface area contributed by atoms with Gasteiger partial charge in [-0.2, -0.15) is 4.31 Å². The van der Waals surface area contributed by atoms with Crippen LogP contribution < -0.4 is 10.1 Å². The van der Waals surface area contributed by atoms with Crippen molar-refractivity contribution in [3.63, 3.8) is 0 Å². The molecule has 0 bridgehead atoms. The molecule has 1 aliphatic rings. The Hall–Kier alpha value is -2.65. The first-order valence-electron chi connectivity index (χ1n) is 8.69. The van der Waals surface area contributed by atoms with Crippen molar-refractivity contribution in [1.82, 2.24) is 4.31 Å². The van der Waals surface area contributed by atoms with Crippen LogP contribution in [0.2, 0.25) is 0 Å². The topological polar surface area (TPSA) is 102 Å². The van der Waals surface area contributed by atoms with Gasteiger partial charge in [0.25, 0.3) is 5.69 Å². The monoisotopic (exact) mass is 391 g/mol. The molecule has 3 rings (SSSR count). The number of hydrogen-bond acceptors (Lipinski definition) is 6. The Bertz CT molecular complexity index is 896. The lowest BCUT2D eigenvalue weighted by Gasteiger charge is -2.16. The molecule has 2 aromatic rings. The number of benzene rings is 2. The van der Waals surface area contributed by atoms with Crippen LogP contribution in [0, 0.1) is 10.1 Å². The number of nitro benzene ring substituents is 1. The largest absolute Gasteiger partial charge is 0.492 e. The summed E-state index contributed by atoms with van der Waals surface area (Å²) >= 11 is 0. The molecule has 2 aromatic carbocycles. The molecular formula is C18H21N3O5S. The van der Waals surface area contributed by atoms with Crippen molar-refractivity contribution in [2.45, 2.75) is 17.7 Å². The summed E-state index contributed by atoms with van der Waals surface area (Å²) in [5.41, 5.74) is -0.00739. The molecule has 0 aromatic heterocycles. The zero-order valence-corrected chi connectivity index (χ0v) is 15.5. The molecule has 0 unspecified atom stereocenters. The van der Waals surface area contributed by atoms with E-state index in [1.807, 2.05) is 30.3 Å². The predicted octanol–water partition coefficient (Wildman–Crippen LogP) is 2.87. The second-order valence-corrected chi connectivity index (χ2v) is 8.07. The lowest BCUT2D eigenvalue weighted by molar-refractivity contribution is -0.384. The van der Waals surface area contributed by atoms with Crippen LogP contribution in [0.15, 0.2) is 53.4 Å². The molecule has 1 saturated heterocycles. The molecule has 144 valence electrons. The molecule has 0 aliphatic carbocycles. The fraction of sp³-hybridized carbons (Fsp3) is 0.333. The quantitative estimate of drug-likeness (QED) is 0.422. The Morgan fingerprint density at radius 3 is 2.48 bits per heavy atom. The van der Waals surface area contributed by atoms with E-state index in [1.165, 1.54) is 16.4 Å². The third-order valence-electron chi connectivity index (χ3n) is 4.30. The second kappa shape index (κ2) is 8.36. The van der Waals surface area contributed by atoms with Gasteiger partial charge in [-0.05, 0) is 37.1 Å². The molecule has 1 heterocycles. The van der Waals surface area contributed by atoms with E-state index in [1.54, 1.807) is 0 Å². The lowest BCUT2D eigenvalue weighted by Crippen LogP contribution is -2.27. The molecule has 0 spiro atoms. The van der Waals surface area contributed by atoms with Crippen molar-refractivity contribution >= 4 is 21.4 Å². The van der Waals surface area contributed by atoms with E-state index in [-0.39, 0.29) is 16.3 Å². The highest BCUT2D eigenvalue weighted by molar-refractivity contribution is 7.89. The Labute approximate surface area is 158 Å². The van der Waals surface area contributed by atoms with Crippen LogP contribution in [0.25, 0.3) is 0 Å². The summed E-state index contributed by atoms with van der Waals surface area (Å²) in [5.74, 6) is 0.709. The highest BCUT2D eigenvalue weighted by atomic mass is 32.2. The Kier molecular flexibility index (Phi) is 5.92. The molecule has 27 heavy (non-hydrogen) atoms. The van der Waals surface area contributed by atoms with E-state index in [9.17, 15) is 18.5 Å². The highest BCUT2D eigenvalue weighted by Gasteiger charge is 2.29. The zero-order chi connectivity index (χ0) is 19.3. The maximum Gasteiger partial charge on any atom is 0.293 e. The van der Waals surface area contributed by atoms with Crippen molar-refractivity contribution in [3.8, 4) is 5.75 Å². The zero-order valence-electron chi connectivity index (χ0n) is 14.7. The highest BCUT2D eigenvalue weighted by Crippen LogP contribution is 2.30. The van der Waals surface area contributed by atoms with Gasteiger partial charge in [-0.3, -0.25) is 10.1 Å². The van der Waals surface area contributed by atoms with E-state index in [2.05, 4.69) is 5.32 Å². The smallest absolute Gasteiger partial charge is 0.293 e. The minimum Gasteiger partial charge on any atom is -0.492 e. The summed E-state index contributed by atoms with van der Waals surface area (Å²) in [4.78, 5) is 10.8. The number of sulfonamides is 1. The number of ether oxygens (including phenoxy) is 1. The van der Waals surface area contributed by atoms with Gasteiger partial charge in [0.15, 0.2) is 0 Å². The average molecular weight is 391 g/mol. The first-order chi connectivity index (χ1) is 13.0. The fourth-order valence-corrected chi connectivity index (χ4v) is 4.46. The summed E-state index contributed by atoms with van der Waals surface area (Å²) in [5, 5.41) is 14.3. The van der Waals surface area contributed by atoms with Crippen LogP contribution >= 0.6 is 0 Å². The van der Waals surface area contributed by atoms with E-state index in [0.717, 1.165) is 18.9 Å². The van der Waals surface area contributed by atoms with Gasteiger partial charge in [0.2, 0.25) is 10.0 Å². The molecule has 0 saturated carbocycles. The summed E-state index contributed by atoms with van der Waals surface area (Å²) in [7, 11) is -3.70. The van der Waals surface area contributed by atoms with Crippen LogP contribution in [-0.4, -0.2) is 43.9 Å². The summed E-state index contributed by atoms with van der Waals surface area (Å²) in [6.07, 6.45) is 1.62. The van der Waals surface area contributed by atoms with Crippen molar-refractivity contribution in [2.75, 3.05) is 31.6 Å². The fourth-order valence-electron chi connectivity index (χ4n) is 2.92. The van der Waals surface area contributed by atoms with Crippen molar-refractivity contribution < 1.29 is 18.1 Å². The van der Waals surface area contributed by atoms with Crippen LogP contribution in [0.1, 0.15) is 12.8 Å². The standard InChI is InChI=1S/C18H21N3O5S/c22-21(23)18-14-16(27(24,25)20-11-4-5-12-20)8-9-17(18)19-10-13-26-15-6-2-1-3-7-15/h1-3,6-9,14,19H,4-5,10-13H2. The maximum absolute atomic E-state index is 12.6. The molecule has 0 amide bonds. The molecule has 1 fully saturated rings. The van der Waals surface area contributed by atoms with Gasteiger partial charge in [0.05, 0.1) is 9.82 Å². The first kappa shape index (κ1) is 19.1. The van der Waals surface area contributed by atoms with Gasteiger partial charge in [-0.15, -0.1) is 0 Å². The number of para-hydroxylation sites is 1. The number of nitro groups is 1. The minimum atomic E-state index is -3.70. The van der Waals surface area contributed by atoms with E-state index >= 15 is 0 Å². The van der Waals surface area contributed by atoms with Gasteiger partial charge in [0, 0.05) is 25.7 Å². The Morgan fingerprint density at radius 2 is 1.81 bits per heavy atom. The van der Waals surface area contributed by atoms with Gasteiger partial charge < -0.3 is 10.1 Å². The summed E-state index contributed by atoms with van der Waals surface area (Å²) < 4.78 is 32.1. The number of nitrogens with zero attached hydrogens (tertiary/aromatic N) is 2. The van der Waals surface area contributed by atoms with Gasteiger partial charge >= 0.3 is 0 Å². The lowest BCUT2D eigenvalue weighted by atomic mass is 10.2. The van der Waals surface area contributed by atoms with Crippen LogP contribution in [0.5, 0.6) is 5.75 Å². The molecule has 0 radical (unpaired) electrons. The SMILES string of the molecule is O=[N+]([O-])c1cc(S(=O)(=O)N2CCCC2)ccc1NCCOc1ccccc1.